The summed E-state index contributed by atoms with van der Waals surface area (Å²) in [5, 5.41) is 3.62. The molecule has 0 aromatic carbocycles. The third kappa shape index (κ3) is 3.04. The summed E-state index contributed by atoms with van der Waals surface area (Å²) in [6.07, 6.45) is 5.05. The highest BCUT2D eigenvalue weighted by Crippen LogP contribution is 2.29. The van der Waals surface area contributed by atoms with Crippen LogP contribution in [-0.2, 0) is 0 Å². The molecule has 4 nitrogen and oxygen atoms in total. The summed E-state index contributed by atoms with van der Waals surface area (Å²) in [7, 11) is 0. The lowest BCUT2D eigenvalue weighted by atomic mass is 9.97. The number of pyridine rings is 1. The van der Waals surface area contributed by atoms with Gasteiger partial charge in [0.1, 0.15) is 10.8 Å². The molecular weight excluding hydrogens is 280 g/mol. The van der Waals surface area contributed by atoms with Crippen molar-refractivity contribution in [1.82, 2.24) is 9.88 Å². The minimum atomic E-state index is 0.431. The van der Waals surface area contributed by atoms with Gasteiger partial charge in [0.25, 0.3) is 0 Å². The van der Waals surface area contributed by atoms with Crippen molar-refractivity contribution in [3.8, 4) is 0 Å². The molecular formula is C16H24N4S. The Morgan fingerprint density at radius 1 is 1.38 bits per heavy atom. The van der Waals surface area contributed by atoms with E-state index in [1.54, 1.807) is 0 Å². The highest BCUT2D eigenvalue weighted by atomic mass is 32.1. The number of rotatable bonds is 3. The lowest BCUT2D eigenvalue weighted by Crippen LogP contribution is -2.43. The first-order valence-electron chi connectivity index (χ1n) is 7.83. The number of anilines is 1. The fraction of sp³-hybridized carbons (Fsp3) is 0.625. The Morgan fingerprint density at radius 3 is 2.95 bits per heavy atom. The molecule has 0 radical (unpaired) electrons. The van der Waals surface area contributed by atoms with Crippen LogP contribution in [-0.4, -0.2) is 40.0 Å². The Morgan fingerprint density at radius 2 is 2.19 bits per heavy atom. The average molecular weight is 304 g/mol. The highest BCUT2D eigenvalue weighted by molar-refractivity contribution is 7.80. The summed E-state index contributed by atoms with van der Waals surface area (Å²) in [6.45, 7) is 6.53. The average Bonchev–Trinajstić information content (AvgIpc) is 2.84. The minimum Gasteiger partial charge on any atom is -0.389 e. The molecule has 2 saturated heterocycles. The molecule has 2 atom stereocenters. The van der Waals surface area contributed by atoms with Crippen molar-refractivity contribution >= 4 is 23.0 Å². The van der Waals surface area contributed by atoms with Crippen LogP contribution in [0.25, 0.3) is 0 Å². The van der Waals surface area contributed by atoms with E-state index in [4.69, 9.17) is 18.0 Å². The van der Waals surface area contributed by atoms with Gasteiger partial charge in [0.2, 0.25) is 0 Å². The van der Waals surface area contributed by atoms with Crippen LogP contribution < -0.4 is 11.1 Å². The number of aryl methyl sites for hydroxylation is 2. The highest BCUT2D eigenvalue weighted by Gasteiger charge is 2.32. The van der Waals surface area contributed by atoms with Gasteiger partial charge in [0.05, 0.1) is 5.56 Å². The molecule has 0 aliphatic carbocycles. The van der Waals surface area contributed by atoms with E-state index in [-0.39, 0.29) is 0 Å². The SMILES string of the molecule is Cc1cc(C)c(C(N)=S)c(NC2CCN3CCCC3C2)n1. The molecule has 21 heavy (non-hydrogen) atoms. The number of piperidine rings is 1. The first-order valence-corrected chi connectivity index (χ1v) is 8.24. The number of aromatic nitrogens is 1. The summed E-state index contributed by atoms with van der Waals surface area (Å²) in [6, 6.07) is 3.26. The summed E-state index contributed by atoms with van der Waals surface area (Å²) in [5.41, 5.74) is 8.92. The van der Waals surface area contributed by atoms with Crippen LogP contribution in [0.15, 0.2) is 6.07 Å². The Kier molecular flexibility index (Phi) is 4.13. The molecule has 114 valence electrons. The van der Waals surface area contributed by atoms with E-state index in [2.05, 4.69) is 15.2 Å². The first kappa shape index (κ1) is 14.7. The summed E-state index contributed by atoms with van der Waals surface area (Å²) >= 11 is 5.21. The topological polar surface area (TPSA) is 54.2 Å². The first-order chi connectivity index (χ1) is 10.0. The van der Waals surface area contributed by atoms with Gasteiger partial charge in [0, 0.05) is 24.3 Å². The zero-order chi connectivity index (χ0) is 15.0. The molecule has 3 N–H and O–H groups in total. The molecule has 2 fully saturated rings. The predicted molar refractivity (Wildman–Crippen MR) is 90.8 cm³/mol. The third-order valence-corrected chi connectivity index (χ3v) is 4.96. The minimum absolute atomic E-state index is 0.431. The summed E-state index contributed by atoms with van der Waals surface area (Å²) in [5.74, 6) is 0.872. The molecule has 0 amide bonds. The molecule has 2 unspecified atom stereocenters. The van der Waals surface area contributed by atoms with Crippen LogP contribution in [0.1, 0.15) is 42.5 Å². The Labute approximate surface area is 132 Å². The molecule has 0 spiro atoms. The predicted octanol–water partition coefficient (Wildman–Crippen LogP) is 2.37. The van der Waals surface area contributed by atoms with Gasteiger partial charge in [-0.15, -0.1) is 0 Å². The van der Waals surface area contributed by atoms with Crippen LogP contribution in [0.5, 0.6) is 0 Å². The van der Waals surface area contributed by atoms with Crippen LogP contribution in [0.4, 0.5) is 5.82 Å². The molecule has 5 heteroatoms. The smallest absolute Gasteiger partial charge is 0.136 e. The van der Waals surface area contributed by atoms with E-state index in [0.29, 0.717) is 11.0 Å². The van der Waals surface area contributed by atoms with E-state index in [1.165, 1.54) is 38.8 Å². The van der Waals surface area contributed by atoms with Crippen LogP contribution in [0.2, 0.25) is 0 Å². The van der Waals surface area contributed by atoms with Crippen molar-refractivity contribution in [2.24, 2.45) is 5.73 Å². The Hall–Kier alpha value is -1.20. The van der Waals surface area contributed by atoms with Gasteiger partial charge >= 0.3 is 0 Å². The standard InChI is InChI=1S/C16H24N4S/c1-10-8-11(2)18-16(14(10)15(17)21)19-12-5-7-20-6-3-4-13(20)9-12/h8,12-13H,3-7,9H2,1-2H3,(H2,17,21)(H,18,19). The van der Waals surface area contributed by atoms with Crippen molar-refractivity contribution in [2.75, 3.05) is 18.4 Å². The van der Waals surface area contributed by atoms with Gasteiger partial charge in [0.15, 0.2) is 0 Å². The van der Waals surface area contributed by atoms with E-state index >= 15 is 0 Å². The second-order valence-electron chi connectivity index (χ2n) is 6.37. The maximum absolute atomic E-state index is 5.90. The van der Waals surface area contributed by atoms with Crippen molar-refractivity contribution in [1.29, 1.82) is 0 Å². The zero-order valence-electron chi connectivity index (χ0n) is 12.9. The third-order valence-electron chi connectivity index (χ3n) is 4.75. The maximum Gasteiger partial charge on any atom is 0.136 e. The maximum atomic E-state index is 5.90. The molecule has 0 bridgehead atoms. The van der Waals surface area contributed by atoms with Gasteiger partial charge in [-0.3, -0.25) is 0 Å². The number of hydrogen-bond donors (Lipinski definition) is 2. The monoisotopic (exact) mass is 304 g/mol. The quantitative estimate of drug-likeness (QED) is 0.840. The van der Waals surface area contributed by atoms with E-state index in [1.807, 2.05) is 19.9 Å². The number of thiocarbonyl (C=S) groups is 1. The normalized spacial score (nSPS) is 25.6. The lowest BCUT2D eigenvalue weighted by molar-refractivity contribution is 0.188. The number of nitrogens with two attached hydrogens (primary N) is 1. The van der Waals surface area contributed by atoms with E-state index < -0.39 is 0 Å². The Bertz CT molecular complexity index is 557. The van der Waals surface area contributed by atoms with Crippen molar-refractivity contribution < 1.29 is 0 Å². The van der Waals surface area contributed by atoms with Crippen LogP contribution in [0, 0.1) is 13.8 Å². The van der Waals surface area contributed by atoms with Crippen molar-refractivity contribution in [3.05, 3.63) is 22.9 Å². The van der Waals surface area contributed by atoms with Gasteiger partial charge in [-0.05, 0) is 57.7 Å². The van der Waals surface area contributed by atoms with Gasteiger partial charge < -0.3 is 16.0 Å². The number of hydrogen-bond acceptors (Lipinski definition) is 4. The lowest BCUT2D eigenvalue weighted by Gasteiger charge is -2.35. The molecule has 1 aromatic heterocycles. The molecule has 3 heterocycles. The zero-order valence-corrected chi connectivity index (χ0v) is 13.7. The van der Waals surface area contributed by atoms with Gasteiger partial charge in [-0.25, -0.2) is 4.98 Å². The number of fused-ring (bicyclic) bond motifs is 1. The van der Waals surface area contributed by atoms with Crippen LogP contribution >= 0.6 is 12.2 Å². The summed E-state index contributed by atoms with van der Waals surface area (Å²) in [4.78, 5) is 7.70. The Balaban J connectivity index is 1.79. The van der Waals surface area contributed by atoms with E-state index in [0.717, 1.165) is 28.7 Å². The fourth-order valence-corrected chi connectivity index (χ4v) is 4.06. The van der Waals surface area contributed by atoms with Gasteiger partial charge in [-0.2, -0.15) is 0 Å². The second-order valence-corrected chi connectivity index (χ2v) is 6.81. The molecule has 0 saturated carbocycles. The van der Waals surface area contributed by atoms with E-state index in [9.17, 15) is 0 Å². The second kappa shape index (κ2) is 5.89. The van der Waals surface area contributed by atoms with Crippen molar-refractivity contribution in [3.63, 3.8) is 0 Å². The molecule has 1 aromatic rings. The van der Waals surface area contributed by atoms with Gasteiger partial charge in [-0.1, -0.05) is 12.2 Å². The number of nitrogens with zero attached hydrogens (tertiary/aromatic N) is 2. The molecule has 2 aliphatic rings. The molecule has 2 aliphatic heterocycles. The largest absolute Gasteiger partial charge is 0.389 e. The van der Waals surface area contributed by atoms with Crippen LogP contribution in [0.3, 0.4) is 0 Å². The fourth-order valence-electron chi connectivity index (χ4n) is 3.80. The molecule has 3 rings (SSSR count). The van der Waals surface area contributed by atoms with Crippen molar-refractivity contribution in [2.45, 2.75) is 51.6 Å². The summed E-state index contributed by atoms with van der Waals surface area (Å²) < 4.78 is 0. The number of nitrogens with one attached hydrogen (secondary N) is 1.